The number of carbonyl (C=O) groups excluding carboxylic acids is 1. The molecule has 1 aliphatic rings. The maximum atomic E-state index is 12.3. The van der Waals surface area contributed by atoms with Gasteiger partial charge in [-0.3, -0.25) is 9.69 Å². The van der Waals surface area contributed by atoms with Gasteiger partial charge in [-0.1, -0.05) is 62.4 Å². The molecule has 1 fully saturated rings. The standard InChI is InChI=1S/C19H25N3O2S/c1-19(2,3)17(23)21-18-20-16(14-7-5-4-6-8-14)15(25-18)13-22-9-11-24-12-10-22/h4-8H,9-13H2,1-3H3,(H,20,21,23). The summed E-state index contributed by atoms with van der Waals surface area (Å²) in [7, 11) is 0. The zero-order valence-electron chi connectivity index (χ0n) is 15.0. The van der Waals surface area contributed by atoms with E-state index >= 15 is 0 Å². The molecule has 6 heteroatoms. The second-order valence-corrected chi connectivity index (χ2v) is 8.33. The first kappa shape index (κ1) is 18.0. The van der Waals surface area contributed by atoms with E-state index in [0.29, 0.717) is 5.13 Å². The van der Waals surface area contributed by atoms with Crippen LogP contribution in [0.3, 0.4) is 0 Å². The van der Waals surface area contributed by atoms with Crippen molar-refractivity contribution in [1.82, 2.24) is 9.88 Å². The van der Waals surface area contributed by atoms with Crippen molar-refractivity contribution in [3.63, 3.8) is 0 Å². The minimum Gasteiger partial charge on any atom is -0.379 e. The number of rotatable bonds is 4. The lowest BCUT2D eigenvalue weighted by molar-refractivity contribution is -0.123. The Morgan fingerprint density at radius 1 is 1.24 bits per heavy atom. The SMILES string of the molecule is CC(C)(C)C(=O)Nc1nc(-c2ccccc2)c(CN2CCOCC2)s1. The Kier molecular flexibility index (Phi) is 5.51. The topological polar surface area (TPSA) is 54.5 Å². The summed E-state index contributed by atoms with van der Waals surface area (Å²) in [6.45, 7) is 9.94. The molecule has 1 N–H and O–H groups in total. The summed E-state index contributed by atoms with van der Waals surface area (Å²) in [4.78, 5) is 20.6. The third-order valence-corrected chi connectivity index (χ3v) is 5.07. The number of benzene rings is 1. The maximum Gasteiger partial charge on any atom is 0.231 e. The van der Waals surface area contributed by atoms with Crippen molar-refractivity contribution < 1.29 is 9.53 Å². The van der Waals surface area contributed by atoms with Crippen molar-refractivity contribution >= 4 is 22.4 Å². The number of thiazole rings is 1. The second-order valence-electron chi connectivity index (χ2n) is 7.25. The van der Waals surface area contributed by atoms with Crippen LogP contribution in [-0.2, 0) is 16.1 Å². The van der Waals surface area contributed by atoms with Crippen molar-refractivity contribution in [1.29, 1.82) is 0 Å². The lowest BCUT2D eigenvalue weighted by Crippen LogP contribution is -2.35. The lowest BCUT2D eigenvalue weighted by atomic mass is 9.96. The number of carbonyl (C=O) groups is 1. The van der Waals surface area contributed by atoms with E-state index < -0.39 is 5.41 Å². The molecule has 0 unspecified atom stereocenters. The van der Waals surface area contributed by atoms with E-state index in [1.165, 1.54) is 4.88 Å². The molecule has 0 aliphatic carbocycles. The number of nitrogens with one attached hydrogen (secondary N) is 1. The van der Waals surface area contributed by atoms with Gasteiger partial charge in [0.2, 0.25) is 5.91 Å². The Morgan fingerprint density at radius 3 is 2.56 bits per heavy atom. The van der Waals surface area contributed by atoms with Gasteiger partial charge in [0.05, 0.1) is 18.9 Å². The van der Waals surface area contributed by atoms with Crippen LogP contribution in [0.2, 0.25) is 0 Å². The van der Waals surface area contributed by atoms with Crippen LogP contribution in [0.4, 0.5) is 5.13 Å². The number of amides is 1. The highest BCUT2D eigenvalue weighted by Crippen LogP contribution is 2.33. The normalized spacial score (nSPS) is 16.0. The van der Waals surface area contributed by atoms with Crippen LogP contribution < -0.4 is 5.32 Å². The van der Waals surface area contributed by atoms with Crippen LogP contribution in [0.5, 0.6) is 0 Å². The van der Waals surface area contributed by atoms with Crippen molar-refractivity contribution in [2.75, 3.05) is 31.6 Å². The van der Waals surface area contributed by atoms with E-state index in [0.717, 1.165) is 44.1 Å². The maximum absolute atomic E-state index is 12.3. The van der Waals surface area contributed by atoms with Gasteiger partial charge >= 0.3 is 0 Å². The van der Waals surface area contributed by atoms with E-state index in [9.17, 15) is 4.79 Å². The van der Waals surface area contributed by atoms with Crippen LogP contribution in [0.15, 0.2) is 30.3 Å². The van der Waals surface area contributed by atoms with Crippen LogP contribution >= 0.6 is 11.3 Å². The highest BCUT2D eigenvalue weighted by Gasteiger charge is 2.24. The summed E-state index contributed by atoms with van der Waals surface area (Å²) in [5.74, 6) is -0.0150. The number of anilines is 1. The van der Waals surface area contributed by atoms with Gasteiger partial charge in [-0.05, 0) is 0 Å². The van der Waals surface area contributed by atoms with Crippen LogP contribution in [0, 0.1) is 5.41 Å². The molecule has 1 amide bonds. The van der Waals surface area contributed by atoms with Crippen LogP contribution in [-0.4, -0.2) is 42.1 Å². The molecule has 0 spiro atoms. The molecule has 0 radical (unpaired) electrons. The molecule has 2 heterocycles. The fourth-order valence-electron chi connectivity index (χ4n) is 2.58. The summed E-state index contributed by atoms with van der Waals surface area (Å²) in [5, 5.41) is 3.64. The third-order valence-electron chi connectivity index (χ3n) is 4.12. The zero-order chi connectivity index (χ0) is 17.9. The minimum atomic E-state index is -0.442. The van der Waals surface area contributed by atoms with Gasteiger partial charge < -0.3 is 10.1 Å². The van der Waals surface area contributed by atoms with Crippen LogP contribution in [0.1, 0.15) is 25.6 Å². The van der Waals surface area contributed by atoms with E-state index in [4.69, 9.17) is 9.72 Å². The molecule has 25 heavy (non-hydrogen) atoms. The number of nitrogens with zero attached hydrogens (tertiary/aromatic N) is 2. The molecule has 3 rings (SSSR count). The molecule has 0 atom stereocenters. The predicted octanol–water partition coefficient (Wildman–Crippen LogP) is 3.63. The lowest BCUT2D eigenvalue weighted by Gasteiger charge is -2.26. The molecule has 5 nitrogen and oxygen atoms in total. The van der Waals surface area contributed by atoms with Crippen molar-refractivity contribution in [2.24, 2.45) is 5.41 Å². The zero-order valence-corrected chi connectivity index (χ0v) is 15.9. The summed E-state index contributed by atoms with van der Waals surface area (Å²) >= 11 is 1.57. The number of hydrogen-bond acceptors (Lipinski definition) is 5. The first-order valence-corrected chi connectivity index (χ1v) is 9.42. The Morgan fingerprint density at radius 2 is 1.92 bits per heavy atom. The molecule has 1 aromatic heterocycles. The molecule has 0 bridgehead atoms. The van der Waals surface area contributed by atoms with Gasteiger partial charge in [0.25, 0.3) is 0 Å². The summed E-state index contributed by atoms with van der Waals surface area (Å²) in [6, 6.07) is 10.2. The number of ether oxygens (including phenoxy) is 1. The molecular weight excluding hydrogens is 334 g/mol. The molecule has 2 aromatic rings. The summed E-state index contributed by atoms with van der Waals surface area (Å²) in [6.07, 6.45) is 0. The predicted molar refractivity (Wildman–Crippen MR) is 102 cm³/mol. The van der Waals surface area contributed by atoms with E-state index in [1.54, 1.807) is 11.3 Å². The van der Waals surface area contributed by atoms with Crippen molar-refractivity contribution in [3.05, 3.63) is 35.2 Å². The highest BCUT2D eigenvalue weighted by atomic mass is 32.1. The fourth-order valence-corrected chi connectivity index (χ4v) is 3.60. The Hall–Kier alpha value is -1.76. The Labute approximate surface area is 153 Å². The first-order valence-electron chi connectivity index (χ1n) is 8.60. The Bertz CT molecular complexity index is 716. The van der Waals surface area contributed by atoms with Crippen LogP contribution in [0.25, 0.3) is 11.3 Å². The van der Waals surface area contributed by atoms with E-state index in [-0.39, 0.29) is 5.91 Å². The fraction of sp³-hybridized carbons (Fsp3) is 0.474. The minimum absolute atomic E-state index is 0.0150. The third kappa shape index (κ3) is 4.66. The van der Waals surface area contributed by atoms with Crippen molar-refractivity contribution in [2.45, 2.75) is 27.3 Å². The van der Waals surface area contributed by atoms with E-state index in [2.05, 4.69) is 22.3 Å². The number of aromatic nitrogens is 1. The quantitative estimate of drug-likeness (QED) is 0.906. The van der Waals surface area contributed by atoms with Gasteiger partial charge in [-0.2, -0.15) is 0 Å². The molecule has 134 valence electrons. The number of hydrogen-bond donors (Lipinski definition) is 1. The Balaban J connectivity index is 1.87. The summed E-state index contributed by atoms with van der Waals surface area (Å²) in [5.41, 5.74) is 1.60. The average Bonchev–Trinajstić information content (AvgIpc) is 2.98. The molecule has 1 aliphatic heterocycles. The smallest absolute Gasteiger partial charge is 0.231 e. The van der Waals surface area contributed by atoms with Gasteiger partial charge in [0, 0.05) is 35.5 Å². The van der Waals surface area contributed by atoms with Gasteiger partial charge in [0.15, 0.2) is 5.13 Å². The van der Waals surface area contributed by atoms with Gasteiger partial charge in [-0.25, -0.2) is 4.98 Å². The molecule has 0 saturated carbocycles. The highest BCUT2D eigenvalue weighted by molar-refractivity contribution is 7.16. The van der Waals surface area contributed by atoms with Gasteiger partial charge in [0.1, 0.15) is 0 Å². The monoisotopic (exact) mass is 359 g/mol. The second kappa shape index (κ2) is 7.64. The number of morpholine rings is 1. The molecule has 1 aromatic carbocycles. The molecule has 1 saturated heterocycles. The first-order chi connectivity index (χ1) is 11.9. The summed E-state index contributed by atoms with van der Waals surface area (Å²) < 4.78 is 5.44. The average molecular weight is 359 g/mol. The van der Waals surface area contributed by atoms with Crippen molar-refractivity contribution in [3.8, 4) is 11.3 Å². The largest absolute Gasteiger partial charge is 0.379 e. The van der Waals surface area contributed by atoms with Gasteiger partial charge in [-0.15, -0.1) is 0 Å². The molecular formula is C19H25N3O2S. The van der Waals surface area contributed by atoms with E-state index in [1.807, 2.05) is 39.0 Å².